The molecule has 34 heavy (non-hydrogen) atoms. The maximum absolute atomic E-state index is 12.6. The van der Waals surface area contributed by atoms with Gasteiger partial charge in [-0.3, -0.25) is 14.5 Å². The van der Waals surface area contributed by atoms with Crippen LogP contribution in [-0.4, -0.2) is 38.7 Å². The zero-order chi connectivity index (χ0) is 23.8. The van der Waals surface area contributed by atoms with Crippen molar-refractivity contribution < 1.29 is 18.0 Å². The maximum Gasteiger partial charge on any atom is 0.433 e. The quantitative estimate of drug-likeness (QED) is 0.542. The summed E-state index contributed by atoms with van der Waals surface area (Å²) >= 11 is 0. The van der Waals surface area contributed by atoms with Crippen LogP contribution in [0.2, 0.25) is 0 Å². The minimum Gasteiger partial charge on any atom is -0.366 e. The lowest BCUT2D eigenvalue weighted by Gasteiger charge is -2.37. The SMILES string of the molecule is CC(C)[C@H]1C(=O)Nc2cnc(NCc3cnn(Cc4ccc(C(F)(F)F)nc4)c3)cc2N1C.S. The van der Waals surface area contributed by atoms with Gasteiger partial charge in [-0.2, -0.15) is 31.8 Å². The number of carbonyl (C=O) groups excluding carboxylic acids is 1. The molecule has 12 heteroatoms. The minimum atomic E-state index is -4.45. The van der Waals surface area contributed by atoms with Crippen molar-refractivity contribution in [3.8, 4) is 0 Å². The van der Waals surface area contributed by atoms with E-state index in [-0.39, 0.29) is 31.4 Å². The fraction of sp³-hybridized carbons (Fsp3) is 0.364. The molecule has 0 spiro atoms. The van der Waals surface area contributed by atoms with Gasteiger partial charge in [0.1, 0.15) is 17.6 Å². The molecular weight excluding hydrogens is 467 g/mol. The maximum atomic E-state index is 12.6. The number of nitrogens with one attached hydrogen (secondary N) is 2. The second kappa shape index (κ2) is 9.92. The molecule has 2 N–H and O–H groups in total. The fourth-order valence-electron chi connectivity index (χ4n) is 3.86. The smallest absolute Gasteiger partial charge is 0.366 e. The molecule has 182 valence electrons. The lowest BCUT2D eigenvalue weighted by atomic mass is 9.99. The van der Waals surface area contributed by atoms with E-state index >= 15 is 0 Å². The highest BCUT2D eigenvalue weighted by Crippen LogP contribution is 2.34. The molecule has 1 aliphatic rings. The standard InChI is InChI=1S/C22H24F3N7O.H2S/c1-13(2)20-21(33)30-16-10-28-19(6-17(16)31(20)3)27-8-15-9-29-32(12-15)11-14-4-5-18(26-7-14)22(23,24)25;/h4-7,9-10,12-13,20H,8,11H2,1-3H3,(H,27,28)(H,30,33);1H2/t20-;/m0./s1. The van der Waals surface area contributed by atoms with Gasteiger partial charge < -0.3 is 15.5 Å². The van der Waals surface area contributed by atoms with Crippen LogP contribution >= 0.6 is 13.5 Å². The average Bonchev–Trinajstić information content (AvgIpc) is 3.19. The van der Waals surface area contributed by atoms with E-state index in [0.29, 0.717) is 30.2 Å². The first-order chi connectivity index (χ1) is 15.6. The van der Waals surface area contributed by atoms with Crippen LogP contribution in [0.5, 0.6) is 0 Å². The topological polar surface area (TPSA) is 88.0 Å². The Hall–Kier alpha value is -3.28. The molecule has 0 unspecified atom stereocenters. The van der Waals surface area contributed by atoms with Gasteiger partial charge in [0.05, 0.1) is 30.3 Å². The van der Waals surface area contributed by atoms with Crippen molar-refractivity contribution in [1.82, 2.24) is 19.7 Å². The molecule has 3 aromatic rings. The molecule has 0 aliphatic carbocycles. The monoisotopic (exact) mass is 493 g/mol. The van der Waals surface area contributed by atoms with Crippen LogP contribution in [0, 0.1) is 5.92 Å². The molecule has 1 amide bonds. The Labute approximate surface area is 202 Å². The van der Waals surface area contributed by atoms with Gasteiger partial charge in [0, 0.05) is 37.6 Å². The molecule has 4 heterocycles. The molecule has 4 rings (SSSR count). The average molecular weight is 494 g/mol. The van der Waals surface area contributed by atoms with Crippen LogP contribution in [0.25, 0.3) is 0 Å². The van der Waals surface area contributed by atoms with Gasteiger partial charge in [0.25, 0.3) is 0 Å². The number of nitrogens with zero attached hydrogens (tertiary/aromatic N) is 5. The first-order valence-electron chi connectivity index (χ1n) is 10.4. The number of carbonyl (C=O) groups is 1. The molecular formula is C22H26F3N7OS. The minimum absolute atomic E-state index is 0. The number of amides is 1. The second-order valence-electron chi connectivity index (χ2n) is 8.32. The first kappa shape index (κ1) is 25.3. The zero-order valence-electron chi connectivity index (χ0n) is 18.9. The number of fused-ring (bicyclic) bond motifs is 1. The highest BCUT2D eigenvalue weighted by molar-refractivity contribution is 7.59. The van der Waals surface area contributed by atoms with Gasteiger partial charge in [0.2, 0.25) is 5.91 Å². The molecule has 3 aromatic heterocycles. The van der Waals surface area contributed by atoms with E-state index in [0.717, 1.165) is 17.3 Å². The zero-order valence-corrected chi connectivity index (χ0v) is 19.9. The van der Waals surface area contributed by atoms with Crippen molar-refractivity contribution in [2.24, 2.45) is 5.92 Å². The number of rotatable bonds is 6. The van der Waals surface area contributed by atoms with Gasteiger partial charge >= 0.3 is 6.18 Å². The van der Waals surface area contributed by atoms with Gasteiger partial charge in [0.15, 0.2) is 0 Å². The Balaban J connectivity index is 0.00000324. The largest absolute Gasteiger partial charge is 0.433 e. The summed E-state index contributed by atoms with van der Waals surface area (Å²) in [6.45, 7) is 4.78. The van der Waals surface area contributed by atoms with Crippen molar-refractivity contribution >= 4 is 36.6 Å². The molecule has 8 nitrogen and oxygen atoms in total. The van der Waals surface area contributed by atoms with Crippen LogP contribution < -0.4 is 15.5 Å². The van der Waals surface area contributed by atoms with Gasteiger partial charge in [-0.25, -0.2) is 4.98 Å². The van der Waals surface area contributed by atoms with E-state index < -0.39 is 11.9 Å². The van der Waals surface area contributed by atoms with Crippen molar-refractivity contribution in [3.63, 3.8) is 0 Å². The van der Waals surface area contributed by atoms with Crippen LogP contribution in [0.3, 0.4) is 0 Å². The molecule has 0 aromatic carbocycles. The Bertz CT molecular complexity index is 1150. The summed E-state index contributed by atoms with van der Waals surface area (Å²) in [6.07, 6.45) is 1.88. The summed E-state index contributed by atoms with van der Waals surface area (Å²) in [6, 6.07) is 3.99. The van der Waals surface area contributed by atoms with Gasteiger partial charge in [-0.1, -0.05) is 19.9 Å². The van der Waals surface area contributed by atoms with Crippen molar-refractivity contribution in [1.29, 1.82) is 0 Å². The van der Waals surface area contributed by atoms with Crippen LogP contribution in [-0.2, 0) is 24.1 Å². The lowest BCUT2D eigenvalue weighted by Crippen LogP contribution is -2.49. The molecule has 1 aliphatic heterocycles. The van der Waals surface area contributed by atoms with E-state index in [1.807, 2.05) is 38.1 Å². The number of halogens is 3. The summed E-state index contributed by atoms with van der Waals surface area (Å²) in [5.41, 5.74) is 2.14. The van der Waals surface area contributed by atoms with Crippen LogP contribution in [0.4, 0.5) is 30.4 Å². The highest BCUT2D eigenvalue weighted by Gasteiger charge is 2.33. The number of anilines is 3. The molecule has 0 saturated heterocycles. The van der Waals surface area contributed by atoms with Gasteiger partial charge in [-0.05, 0) is 17.5 Å². The van der Waals surface area contributed by atoms with E-state index in [2.05, 4.69) is 25.7 Å². The number of hydrogen-bond donors (Lipinski definition) is 2. The van der Waals surface area contributed by atoms with E-state index in [1.54, 1.807) is 17.1 Å². The van der Waals surface area contributed by atoms with E-state index in [4.69, 9.17) is 0 Å². The lowest BCUT2D eigenvalue weighted by molar-refractivity contribution is -0.141. The predicted molar refractivity (Wildman–Crippen MR) is 128 cm³/mol. The molecule has 1 atom stereocenters. The third-order valence-corrected chi connectivity index (χ3v) is 5.46. The predicted octanol–water partition coefficient (Wildman–Crippen LogP) is 3.88. The second-order valence-corrected chi connectivity index (χ2v) is 8.32. The summed E-state index contributed by atoms with van der Waals surface area (Å²) in [5, 5.41) is 10.4. The first-order valence-corrected chi connectivity index (χ1v) is 10.4. The van der Waals surface area contributed by atoms with Crippen LogP contribution in [0.1, 0.15) is 30.7 Å². The molecule has 0 saturated carbocycles. The highest BCUT2D eigenvalue weighted by atomic mass is 32.1. The molecule has 0 bridgehead atoms. The number of pyridine rings is 2. The molecule has 0 radical (unpaired) electrons. The number of alkyl halides is 3. The summed E-state index contributed by atoms with van der Waals surface area (Å²) in [4.78, 5) is 22.1. The Morgan fingerprint density at radius 1 is 1.15 bits per heavy atom. The Kier molecular flexibility index (Phi) is 7.39. The van der Waals surface area contributed by atoms with Crippen molar-refractivity contribution in [2.75, 3.05) is 22.6 Å². The third-order valence-electron chi connectivity index (χ3n) is 5.46. The van der Waals surface area contributed by atoms with Crippen molar-refractivity contribution in [3.05, 3.63) is 59.8 Å². The molecule has 0 fully saturated rings. The van der Waals surface area contributed by atoms with Crippen LogP contribution in [0.15, 0.2) is 43.0 Å². The Morgan fingerprint density at radius 3 is 2.56 bits per heavy atom. The van der Waals surface area contributed by atoms with E-state index in [1.165, 1.54) is 12.3 Å². The number of aromatic nitrogens is 4. The normalized spacial score (nSPS) is 15.6. The van der Waals surface area contributed by atoms with E-state index in [9.17, 15) is 18.0 Å². The van der Waals surface area contributed by atoms with Crippen molar-refractivity contribution in [2.45, 2.75) is 39.2 Å². The fourth-order valence-corrected chi connectivity index (χ4v) is 3.86. The number of hydrogen-bond acceptors (Lipinski definition) is 6. The summed E-state index contributed by atoms with van der Waals surface area (Å²) in [7, 11) is 1.89. The Morgan fingerprint density at radius 2 is 1.91 bits per heavy atom. The number of likely N-dealkylation sites (N-methyl/N-ethyl adjacent to an activating group) is 1. The summed E-state index contributed by atoms with van der Waals surface area (Å²) in [5.74, 6) is 0.760. The van der Waals surface area contributed by atoms with Gasteiger partial charge in [-0.15, -0.1) is 0 Å². The summed E-state index contributed by atoms with van der Waals surface area (Å²) < 4.78 is 39.6. The third kappa shape index (κ3) is 5.44.